The lowest BCUT2D eigenvalue weighted by molar-refractivity contribution is -0.139. The van der Waals surface area contributed by atoms with E-state index in [0.717, 1.165) is 10.5 Å². The first-order valence-electron chi connectivity index (χ1n) is 6.16. The van der Waals surface area contributed by atoms with Crippen LogP contribution in [-0.4, -0.2) is 23.4 Å². The molecule has 0 spiro atoms. The molecule has 0 aromatic heterocycles. The van der Waals surface area contributed by atoms with Crippen LogP contribution < -0.4 is 5.32 Å². The molecule has 1 fully saturated rings. The third kappa shape index (κ3) is 2.59. The summed E-state index contributed by atoms with van der Waals surface area (Å²) >= 11 is 0. The van der Waals surface area contributed by atoms with Crippen molar-refractivity contribution in [3.63, 3.8) is 0 Å². The molecule has 1 saturated heterocycles. The van der Waals surface area contributed by atoms with Crippen LogP contribution >= 0.6 is 0 Å². The summed E-state index contributed by atoms with van der Waals surface area (Å²) in [7, 11) is 0. The van der Waals surface area contributed by atoms with E-state index < -0.39 is 11.4 Å². The number of imide groups is 1. The molecule has 102 valence electrons. The van der Waals surface area contributed by atoms with Gasteiger partial charge in [0.05, 0.1) is 12.0 Å². The van der Waals surface area contributed by atoms with Gasteiger partial charge >= 0.3 is 6.03 Å². The monoisotopic (exact) mass is 264 g/mol. The zero-order valence-electron chi connectivity index (χ0n) is 11.3. The number of hydrogen-bond acceptors (Lipinski definition) is 2. The van der Waals surface area contributed by atoms with Gasteiger partial charge in [-0.1, -0.05) is 6.07 Å². The number of rotatable bonds is 2. The van der Waals surface area contributed by atoms with E-state index in [2.05, 4.69) is 5.32 Å². The molecule has 0 atom stereocenters. The fourth-order valence-electron chi connectivity index (χ4n) is 2.05. The van der Waals surface area contributed by atoms with E-state index in [1.165, 1.54) is 12.1 Å². The number of benzene rings is 1. The highest BCUT2D eigenvalue weighted by Crippen LogP contribution is 2.24. The van der Waals surface area contributed by atoms with Crippen molar-refractivity contribution in [1.29, 1.82) is 0 Å². The average molecular weight is 264 g/mol. The quantitative estimate of drug-likeness (QED) is 0.890. The van der Waals surface area contributed by atoms with Crippen molar-refractivity contribution in [2.75, 3.05) is 6.54 Å². The standard InChI is InChI=1S/C14H17FN2O2/c1-9-4-5-11(15)6-10(9)7-17-12(18)14(2,3)8-16-13(17)19/h4-6H,7-8H2,1-3H3,(H,16,19). The smallest absolute Gasteiger partial charge is 0.324 e. The van der Waals surface area contributed by atoms with Crippen molar-refractivity contribution in [3.05, 3.63) is 35.1 Å². The van der Waals surface area contributed by atoms with Crippen molar-refractivity contribution in [3.8, 4) is 0 Å². The summed E-state index contributed by atoms with van der Waals surface area (Å²) in [5.41, 5.74) is 0.862. The average Bonchev–Trinajstić information content (AvgIpc) is 2.34. The number of nitrogens with zero attached hydrogens (tertiary/aromatic N) is 1. The first-order chi connectivity index (χ1) is 8.81. The molecule has 0 saturated carbocycles. The van der Waals surface area contributed by atoms with Crippen molar-refractivity contribution in [1.82, 2.24) is 10.2 Å². The lowest BCUT2D eigenvalue weighted by Gasteiger charge is -2.36. The Kier molecular flexibility index (Phi) is 3.30. The Hall–Kier alpha value is -1.91. The molecule has 3 amide bonds. The number of aryl methyl sites for hydroxylation is 1. The van der Waals surface area contributed by atoms with Gasteiger partial charge in [0.2, 0.25) is 5.91 Å². The Bertz CT molecular complexity index is 540. The first-order valence-corrected chi connectivity index (χ1v) is 6.16. The number of urea groups is 1. The molecule has 1 aliphatic rings. The number of nitrogens with one attached hydrogen (secondary N) is 1. The van der Waals surface area contributed by atoms with Crippen molar-refractivity contribution in [2.45, 2.75) is 27.3 Å². The van der Waals surface area contributed by atoms with E-state index in [0.29, 0.717) is 12.1 Å². The predicted molar refractivity (Wildman–Crippen MR) is 68.9 cm³/mol. The van der Waals surface area contributed by atoms with Gasteiger partial charge in [-0.05, 0) is 44.0 Å². The second-order valence-corrected chi connectivity index (χ2v) is 5.50. The minimum atomic E-state index is -0.630. The molecule has 1 heterocycles. The van der Waals surface area contributed by atoms with Crippen LogP contribution in [0, 0.1) is 18.2 Å². The van der Waals surface area contributed by atoms with Gasteiger partial charge in [0.15, 0.2) is 0 Å². The second kappa shape index (κ2) is 4.64. The molecule has 1 aromatic carbocycles. The van der Waals surface area contributed by atoms with Crippen LogP contribution in [0.25, 0.3) is 0 Å². The maximum absolute atomic E-state index is 13.2. The molecule has 0 unspecified atom stereocenters. The molecule has 0 aliphatic carbocycles. The van der Waals surface area contributed by atoms with E-state index >= 15 is 0 Å². The Morgan fingerprint density at radius 1 is 1.37 bits per heavy atom. The van der Waals surface area contributed by atoms with Crippen molar-refractivity contribution < 1.29 is 14.0 Å². The highest BCUT2D eigenvalue weighted by Gasteiger charge is 2.40. The third-order valence-corrected chi connectivity index (χ3v) is 3.39. The van der Waals surface area contributed by atoms with Crippen LogP contribution in [0.3, 0.4) is 0 Å². The fourth-order valence-corrected chi connectivity index (χ4v) is 2.05. The van der Waals surface area contributed by atoms with E-state index in [1.807, 2.05) is 6.92 Å². The highest BCUT2D eigenvalue weighted by atomic mass is 19.1. The number of hydrogen-bond donors (Lipinski definition) is 1. The molecule has 4 nitrogen and oxygen atoms in total. The Morgan fingerprint density at radius 3 is 2.74 bits per heavy atom. The fraction of sp³-hybridized carbons (Fsp3) is 0.429. The summed E-state index contributed by atoms with van der Waals surface area (Å²) in [6.07, 6.45) is 0. The van der Waals surface area contributed by atoms with Crippen LogP contribution in [-0.2, 0) is 11.3 Å². The molecule has 5 heteroatoms. The number of carbonyl (C=O) groups excluding carboxylic acids is 2. The van der Waals surface area contributed by atoms with Gasteiger partial charge in [0.1, 0.15) is 5.82 Å². The van der Waals surface area contributed by atoms with Crippen LogP contribution in [0.4, 0.5) is 9.18 Å². The zero-order chi connectivity index (χ0) is 14.2. The van der Waals surface area contributed by atoms with Crippen LogP contribution in [0.1, 0.15) is 25.0 Å². The summed E-state index contributed by atoms with van der Waals surface area (Å²) < 4.78 is 13.2. The third-order valence-electron chi connectivity index (χ3n) is 3.39. The van der Waals surface area contributed by atoms with E-state index in [-0.39, 0.29) is 18.3 Å². The van der Waals surface area contributed by atoms with E-state index in [9.17, 15) is 14.0 Å². The molecular weight excluding hydrogens is 247 g/mol. The van der Waals surface area contributed by atoms with Gasteiger partial charge in [-0.2, -0.15) is 0 Å². The van der Waals surface area contributed by atoms with Gasteiger partial charge in [0, 0.05) is 6.54 Å². The molecule has 2 rings (SSSR count). The number of carbonyl (C=O) groups is 2. The van der Waals surface area contributed by atoms with Gasteiger partial charge in [0.25, 0.3) is 0 Å². The molecule has 19 heavy (non-hydrogen) atoms. The summed E-state index contributed by atoms with van der Waals surface area (Å²) in [6.45, 7) is 5.80. The Labute approximate surface area is 111 Å². The van der Waals surface area contributed by atoms with E-state index in [1.54, 1.807) is 19.9 Å². The minimum Gasteiger partial charge on any atom is -0.337 e. The zero-order valence-corrected chi connectivity index (χ0v) is 11.3. The molecule has 1 N–H and O–H groups in total. The van der Waals surface area contributed by atoms with E-state index in [4.69, 9.17) is 0 Å². The predicted octanol–water partition coefficient (Wildman–Crippen LogP) is 2.21. The van der Waals surface area contributed by atoms with Crippen LogP contribution in [0.5, 0.6) is 0 Å². The van der Waals surface area contributed by atoms with Crippen LogP contribution in [0.15, 0.2) is 18.2 Å². The first kappa shape index (κ1) is 13.5. The summed E-state index contributed by atoms with van der Waals surface area (Å²) in [4.78, 5) is 25.2. The summed E-state index contributed by atoms with van der Waals surface area (Å²) in [6, 6.07) is 3.94. The molecule has 0 bridgehead atoms. The highest BCUT2D eigenvalue weighted by molar-refractivity contribution is 5.99. The largest absolute Gasteiger partial charge is 0.337 e. The van der Waals surface area contributed by atoms with Gasteiger partial charge in [-0.3, -0.25) is 9.69 Å². The number of amides is 3. The van der Waals surface area contributed by atoms with Gasteiger partial charge in [-0.15, -0.1) is 0 Å². The maximum Gasteiger partial charge on any atom is 0.324 e. The lowest BCUT2D eigenvalue weighted by Crippen LogP contribution is -2.58. The molecule has 1 aromatic rings. The van der Waals surface area contributed by atoms with Crippen molar-refractivity contribution >= 4 is 11.9 Å². The maximum atomic E-state index is 13.2. The van der Waals surface area contributed by atoms with Gasteiger partial charge < -0.3 is 5.32 Å². The summed E-state index contributed by atoms with van der Waals surface area (Å²) in [5.74, 6) is -0.607. The second-order valence-electron chi connectivity index (χ2n) is 5.50. The summed E-state index contributed by atoms with van der Waals surface area (Å²) in [5, 5.41) is 2.68. The molecule has 0 radical (unpaired) electrons. The van der Waals surface area contributed by atoms with Gasteiger partial charge in [-0.25, -0.2) is 9.18 Å². The number of halogens is 1. The van der Waals surface area contributed by atoms with Crippen LogP contribution in [0.2, 0.25) is 0 Å². The molecular formula is C14H17FN2O2. The topological polar surface area (TPSA) is 49.4 Å². The SMILES string of the molecule is Cc1ccc(F)cc1CN1C(=O)NCC(C)(C)C1=O. The normalized spacial score (nSPS) is 18.4. The Balaban J connectivity index is 2.28. The lowest BCUT2D eigenvalue weighted by atomic mass is 9.89. The molecule has 1 aliphatic heterocycles. The van der Waals surface area contributed by atoms with Crippen molar-refractivity contribution in [2.24, 2.45) is 5.41 Å². The Morgan fingerprint density at radius 2 is 2.05 bits per heavy atom. The minimum absolute atomic E-state index is 0.0949.